The molecule has 3 heteroatoms. The number of hydrogen-bond donors (Lipinski definition) is 1. The molecule has 3 nitrogen and oxygen atoms in total. The molecule has 1 aliphatic carbocycles. The molecule has 0 aromatic heterocycles. The fourth-order valence-corrected chi connectivity index (χ4v) is 4.12. The molecule has 0 saturated heterocycles. The van der Waals surface area contributed by atoms with Gasteiger partial charge in [0.1, 0.15) is 0 Å². The van der Waals surface area contributed by atoms with E-state index in [-0.39, 0.29) is 5.91 Å². The van der Waals surface area contributed by atoms with Gasteiger partial charge in [-0.3, -0.25) is 9.79 Å². The van der Waals surface area contributed by atoms with Gasteiger partial charge in [-0.25, -0.2) is 0 Å². The molecule has 0 bridgehead atoms. The molecule has 1 amide bonds. The second-order valence-electron chi connectivity index (χ2n) is 7.54. The number of nitrogens with zero attached hydrogens (tertiary/aromatic N) is 1. The Labute approximate surface area is 162 Å². The fourth-order valence-electron chi connectivity index (χ4n) is 4.12. The van der Waals surface area contributed by atoms with Crippen LogP contribution in [0.2, 0.25) is 0 Å². The maximum atomic E-state index is 12.2. The molecule has 2 aromatic carbocycles. The van der Waals surface area contributed by atoms with E-state index >= 15 is 0 Å². The third kappa shape index (κ3) is 5.29. The standard InChI is InChI=1S/C24H30N2O/c1-18(25-2)22-10-6-7-11-23(22)21-14-12-19(13-15-21)16-24(27)26-17-20-8-4-3-5-9-20/h3-5,8-9,12-15,22-23H,6-7,10-11,16-17H2,1-2H3,(H,26,27)/t22?,23-/m0/s1. The first-order valence-corrected chi connectivity index (χ1v) is 10.00. The van der Waals surface area contributed by atoms with Crippen molar-refractivity contribution >= 4 is 11.6 Å². The predicted molar refractivity (Wildman–Crippen MR) is 112 cm³/mol. The summed E-state index contributed by atoms with van der Waals surface area (Å²) in [4.78, 5) is 16.7. The van der Waals surface area contributed by atoms with E-state index in [1.165, 1.54) is 37.0 Å². The number of benzene rings is 2. The van der Waals surface area contributed by atoms with Crippen molar-refractivity contribution < 1.29 is 4.79 Å². The van der Waals surface area contributed by atoms with Gasteiger partial charge in [-0.2, -0.15) is 0 Å². The Morgan fingerprint density at radius 3 is 2.41 bits per heavy atom. The zero-order valence-electron chi connectivity index (χ0n) is 16.4. The van der Waals surface area contributed by atoms with Crippen molar-refractivity contribution in [3.8, 4) is 0 Å². The molecule has 0 spiro atoms. The van der Waals surface area contributed by atoms with E-state index in [0.717, 1.165) is 11.1 Å². The van der Waals surface area contributed by atoms with Crippen molar-refractivity contribution in [1.82, 2.24) is 5.32 Å². The number of carbonyl (C=O) groups excluding carboxylic acids is 1. The summed E-state index contributed by atoms with van der Waals surface area (Å²) in [5.74, 6) is 1.18. The Bertz CT molecular complexity index is 765. The minimum absolute atomic E-state index is 0.0658. The molecule has 1 aliphatic rings. The minimum Gasteiger partial charge on any atom is -0.352 e. The molecule has 0 aliphatic heterocycles. The van der Waals surface area contributed by atoms with E-state index in [9.17, 15) is 4.79 Å². The second-order valence-corrected chi connectivity index (χ2v) is 7.54. The first-order valence-electron chi connectivity index (χ1n) is 10.00. The van der Waals surface area contributed by atoms with E-state index in [2.05, 4.69) is 41.5 Å². The van der Waals surface area contributed by atoms with Crippen LogP contribution in [0.5, 0.6) is 0 Å². The van der Waals surface area contributed by atoms with Crippen LogP contribution in [0.25, 0.3) is 0 Å². The molecular weight excluding hydrogens is 332 g/mol. The van der Waals surface area contributed by atoms with Gasteiger partial charge in [0.05, 0.1) is 6.42 Å². The van der Waals surface area contributed by atoms with Gasteiger partial charge in [-0.15, -0.1) is 0 Å². The van der Waals surface area contributed by atoms with Gasteiger partial charge in [-0.05, 0) is 42.4 Å². The van der Waals surface area contributed by atoms with Crippen molar-refractivity contribution in [3.05, 3.63) is 71.3 Å². The highest BCUT2D eigenvalue weighted by molar-refractivity contribution is 5.85. The Kier molecular flexibility index (Phi) is 6.80. The summed E-state index contributed by atoms with van der Waals surface area (Å²) in [5.41, 5.74) is 4.84. The third-order valence-corrected chi connectivity index (χ3v) is 5.76. The van der Waals surface area contributed by atoms with E-state index in [4.69, 9.17) is 0 Å². The molecule has 142 valence electrons. The Morgan fingerprint density at radius 1 is 1.00 bits per heavy atom. The SMILES string of the molecule is CN=C(C)C1CCCC[C@H]1c1ccc(CC(=O)NCc2ccccc2)cc1. The lowest BCUT2D eigenvalue weighted by molar-refractivity contribution is -0.120. The monoisotopic (exact) mass is 362 g/mol. The quantitative estimate of drug-likeness (QED) is 0.729. The van der Waals surface area contributed by atoms with Gasteiger partial charge < -0.3 is 5.32 Å². The molecule has 1 fully saturated rings. The molecule has 2 atom stereocenters. The van der Waals surface area contributed by atoms with Gasteiger partial charge >= 0.3 is 0 Å². The number of rotatable bonds is 6. The maximum Gasteiger partial charge on any atom is 0.224 e. The maximum absolute atomic E-state index is 12.2. The molecule has 3 rings (SSSR count). The zero-order chi connectivity index (χ0) is 19.1. The topological polar surface area (TPSA) is 41.5 Å². The van der Waals surface area contributed by atoms with Gasteiger partial charge in [0.15, 0.2) is 0 Å². The number of nitrogens with one attached hydrogen (secondary N) is 1. The molecule has 0 radical (unpaired) electrons. The van der Waals surface area contributed by atoms with Crippen LogP contribution >= 0.6 is 0 Å². The number of hydrogen-bond acceptors (Lipinski definition) is 2. The first-order chi connectivity index (χ1) is 13.2. The fraction of sp³-hybridized carbons (Fsp3) is 0.417. The van der Waals surface area contributed by atoms with Crippen molar-refractivity contribution in [3.63, 3.8) is 0 Å². The predicted octanol–water partition coefficient (Wildman–Crippen LogP) is 4.91. The van der Waals surface area contributed by atoms with E-state index in [0.29, 0.717) is 24.8 Å². The van der Waals surface area contributed by atoms with Crippen LogP contribution in [-0.2, 0) is 17.8 Å². The molecule has 27 heavy (non-hydrogen) atoms. The molecular formula is C24H30N2O. The Hall–Kier alpha value is -2.42. The lowest BCUT2D eigenvalue weighted by Crippen LogP contribution is -2.25. The third-order valence-electron chi connectivity index (χ3n) is 5.76. The summed E-state index contributed by atoms with van der Waals surface area (Å²) in [5, 5.41) is 3.00. The lowest BCUT2D eigenvalue weighted by Gasteiger charge is -2.32. The van der Waals surface area contributed by atoms with Crippen LogP contribution in [0.3, 0.4) is 0 Å². The van der Waals surface area contributed by atoms with Gasteiger partial charge in [0.25, 0.3) is 0 Å². The van der Waals surface area contributed by atoms with Crippen LogP contribution in [0, 0.1) is 5.92 Å². The van der Waals surface area contributed by atoms with Crippen LogP contribution < -0.4 is 5.32 Å². The largest absolute Gasteiger partial charge is 0.352 e. The van der Waals surface area contributed by atoms with Crippen LogP contribution in [0.15, 0.2) is 59.6 Å². The van der Waals surface area contributed by atoms with Crippen LogP contribution in [0.1, 0.15) is 55.2 Å². The average molecular weight is 363 g/mol. The highest BCUT2D eigenvalue weighted by Gasteiger charge is 2.28. The number of amides is 1. The lowest BCUT2D eigenvalue weighted by atomic mass is 9.73. The van der Waals surface area contributed by atoms with Crippen molar-refractivity contribution in [2.45, 2.75) is 51.5 Å². The van der Waals surface area contributed by atoms with Crippen molar-refractivity contribution in [2.75, 3.05) is 7.05 Å². The molecule has 2 aromatic rings. The summed E-state index contributed by atoms with van der Waals surface area (Å²) in [6, 6.07) is 18.7. The Balaban J connectivity index is 1.58. The summed E-state index contributed by atoms with van der Waals surface area (Å²) in [6.07, 6.45) is 5.48. The van der Waals surface area contributed by atoms with Crippen molar-refractivity contribution in [2.24, 2.45) is 10.9 Å². The first kappa shape index (κ1) is 19.3. The normalized spacial score (nSPS) is 20.3. The van der Waals surface area contributed by atoms with Crippen LogP contribution in [-0.4, -0.2) is 18.7 Å². The smallest absolute Gasteiger partial charge is 0.224 e. The number of aliphatic imine (C=N–C) groups is 1. The summed E-state index contributed by atoms with van der Waals surface area (Å²) >= 11 is 0. The highest BCUT2D eigenvalue weighted by Crippen LogP contribution is 2.38. The van der Waals surface area contributed by atoms with Crippen LogP contribution in [0.4, 0.5) is 0 Å². The van der Waals surface area contributed by atoms with Gasteiger partial charge in [0, 0.05) is 25.2 Å². The molecule has 1 N–H and O–H groups in total. The highest BCUT2D eigenvalue weighted by atomic mass is 16.1. The van der Waals surface area contributed by atoms with E-state index in [1.54, 1.807) is 0 Å². The molecule has 0 heterocycles. The average Bonchev–Trinajstić information content (AvgIpc) is 2.73. The summed E-state index contributed by atoms with van der Waals surface area (Å²) < 4.78 is 0. The summed E-state index contributed by atoms with van der Waals surface area (Å²) in [6.45, 7) is 2.74. The Morgan fingerprint density at radius 2 is 1.70 bits per heavy atom. The summed E-state index contributed by atoms with van der Waals surface area (Å²) in [7, 11) is 1.90. The minimum atomic E-state index is 0.0658. The zero-order valence-corrected chi connectivity index (χ0v) is 16.4. The van der Waals surface area contributed by atoms with Gasteiger partial charge in [-0.1, -0.05) is 67.4 Å². The molecule has 1 unspecified atom stereocenters. The second kappa shape index (κ2) is 9.50. The molecule has 1 saturated carbocycles. The van der Waals surface area contributed by atoms with Gasteiger partial charge in [0.2, 0.25) is 5.91 Å². The number of carbonyl (C=O) groups is 1. The van der Waals surface area contributed by atoms with E-state index < -0.39 is 0 Å². The van der Waals surface area contributed by atoms with Crippen molar-refractivity contribution in [1.29, 1.82) is 0 Å². The van der Waals surface area contributed by atoms with E-state index in [1.807, 2.05) is 37.4 Å².